The van der Waals surface area contributed by atoms with Crippen molar-refractivity contribution in [1.82, 2.24) is 10.2 Å². The Morgan fingerprint density at radius 2 is 2.20 bits per heavy atom. The van der Waals surface area contributed by atoms with Crippen molar-refractivity contribution >= 4 is 28.4 Å². The summed E-state index contributed by atoms with van der Waals surface area (Å²) in [5.41, 5.74) is 0.417. The van der Waals surface area contributed by atoms with Gasteiger partial charge in [-0.05, 0) is 34.7 Å². The summed E-state index contributed by atoms with van der Waals surface area (Å²) < 4.78 is 0.794. The van der Waals surface area contributed by atoms with Crippen LogP contribution >= 0.6 is 22.6 Å². The van der Waals surface area contributed by atoms with Crippen molar-refractivity contribution < 1.29 is 4.79 Å². The van der Waals surface area contributed by atoms with Gasteiger partial charge in [-0.3, -0.25) is 4.79 Å². The van der Waals surface area contributed by atoms with Gasteiger partial charge in [0.2, 0.25) is 0 Å². The molecule has 0 atom stereocenters. The second kappa shape index (κ2) is 3.05. The van der Waals surface area contributed by atoms with E-state index in [4.69, 9.17) is 0 Å². The van der Waals surface area contributed by atoms with Crippen LogP contribution in [0, 0.1) is 3.70 Å². The molecule has 0 aromatic carbocycles. The smallest absolute Gasteiger partial charge is 0.180 e. The second-order valence-electron chi connectivity index (χ2n) is 1.80. The van der Waals surface area contributed by atoms with Gasteiger partial charge in [0.15, 0.2) is 5.78 Å². The molecule has 1 heterocycles. The van der Waals surface area contributed by atoms with Crippen molar-refractivity contribution in [3.8, 4) is 0 Å². The molecule has 1 aromatic rings. The number of halogens is 1. The molecule has 4 heteroatoms. The molecule has 3 nitrogen and oxygen atoms in total. The van der Waals surface area contributed by atoms with Gasteiger partial charge < -0.3 is 0 Å². The number of rotatable bonds is 1. The Morgan fingerprint density at radius 3 is 2.60 bits per heavy atom. The molecule has 0 fully saturated rings. The van der Waals surface area contributed by atoms with Crippen LogP contribution in [0.1, 0.15) is 17.4 Å². The van der Waals surface area contributed by atoms with Crippen molar-refractivity contribution in [3.63, 3.8) is 0 Å². The van der Waals surface area contributed by atoms with Crippen molar-refractivity contribution in [3.05, 3.63) is 21.5 Å². The highest BCUT2D eigenvalue weighted by atomic mass is 127. The van der Waals surface area contributed by atoms with Gasteiger partial charge in [-0.15, -0.1) is 10.2 Å². The predicted octanol–water partition coefficient (Wildman–Crippen LogP) is 1.28. The summed E-state index contributed by atoms with van der Waals surface area (Å²) in [7, 11) is 0. The molecule has 0 saturated carbocycles. The third-order valence-corrected chi connectivity index (χ3v) is 1.57. The van der Waals surface area contributed by atoms with Gasteiger partial charge >= 0.3 is 0 Å². The summed E-state index contributed by atoms with van der Waals surface area (Å²) in [6.45, 7) is 1.47. The molecule has 1 rings (SSSR count). The normalized spacial score (nSPS) is 9.40. The molecular formula is C6H5IN2O. The van der Waals surface area contributed by atoms with Crippen LogP contribution in [0.15, 0.2) is 12.1 Å². The van der Waals surface area contributed by atoms with Crippen molar-refractivity contribution in [2.24, 2.45) is 0 Å². The lowest BCUT2D eigenvalue weighted by Gasteiger charge is -1.90. The van der Waals surface area contributed by atoms with Gasteiger partial charge in [0, 0.05) is 6.92 Å². The molecule has 0 aliphatic rings. The summed E-state index contributed by atoms with van der Waals surface area (Å²) >= 11 is 2.03. The van der Waals surface area contributed by atoms with E-state index >= 15 is 0 Å². The maximum absolute atomic E-state index is 10.7. The fourth-order valence-electron chi connectivity index (χ4n) is 0.504. The van der Waals surface area contributed by atoms with E-state index < -0.39 is 0 Å². The van der Waals surface area contributed by atoms with Gasteiger partial charge in [0.1, 0.15) is 9.39 Å². The summed E-state index contributed by atoms with van der Waals surface area (Å²) in [5, 5.41) is 7.39. The number of Topliss-reactive ketones (excluding diaryl/α,β-unsaturated/α-hetero) is 1. The minimum Gasteiger partial charge on any atom is -0.293 e. The van der Waals surface area contributed by atoms with Crippen LogP contribution in [0.3, 0.4) is 0 Å². The average Bonchev–Trinajstić information content (AvgIpc) is 1.88. The van der Waals surface area contributed by atoms with E-state index in [2.05, 4.69) is 10.2 Å². The molecule has 1 aromatic heterocycles. The lowest BCUT2D eigenvalue weighted by molar-refractivity contribution is 0.101. The van der Waals surface area contributed by atoms with Gasteiger partial charge in [0.25, 0.3) is 0 Å². The van der Waals surface area contributed by atoms with E-state index in [-0.39, 0.29) is 5.78 Å². The largest absolute Gasteiger partial charge is 0.293 e. The first kappa shape index (κ1) is 7.59. The lowest BCUT2D eigenvalue weighted by atomic mass is 10.3. The molecule has 0 saturated heterocycles. The van der Waals surface area contributed by atoms with Crippen LogP contribution < -0.4 is 0 Å². The van der Waals surface area contributed by atoms with E-state index in [0.29, 0.717) is 5.69 Å². The highest BCUT2D eigenvalue weighted by Crippen LogP contribution is 1.99. The van der Waals surface area contributed by atoms with E-state index in [1.807, 2.05) is 22.6 Å². The highest BCUT2D eigenvalue weighted by molar-refractivity contribution is 14.1. The minimum absolute atomic E-state index is 0.0519. The molecule has 0 amide bonds. The number of aromatic nitrogens is 2. The summed E-state index contributed by atoms with van der Waals surface area (Å²) in [6, 6.07) is 3.42. The number of nitrogens with zero attached hydrogens (tertiary/aromatic N) is 2. The fraction of sp³-hybridized carbons (Fsp3) is 0.167. The highest BCUT2D eigenvalue weighted by Gasteiger charge is 1.99. The molecule has 0 bridgehead atoms. The quantitative estimate of drug-likeness (QED) is 0.555. The van der Waals surface area contributed by atoms with Gasteiger partial charge in [-0.25, -0.2) is 0 Å². The molecule has 0 aliphatic heterocycles. The van der Waals surface area contributed by atoms with Crippen molar-refractivity contribution in [2.45, 2.75) is 6.92 Å². The average molecular weight is 248 g/mol. The van der Waals surface area contributed by atoms with Crippen molar-refractivity contribution in [1.29, 1.82) is 0 Å². The summed E-state index contributed by atoms with van der Waals surface area (Å²) in [4.78, 5) is 10.7. The van der Waals surface area contributed by atoms with Gasteiger partial charge in [-0.2, -0.15) is 0 Å². The Bertz CT molecular complexity index is 244. The van der Waals surface area contributed by atoms with E-state index in [9.17, 15) is 4.79 Å². The molecule has 0 radical (unpaired) electrons. The number of carbonyl (C=O) groups excluding carboxylic acids is 1. The topological polar surface area (TPSA) is 42.9 Å². The number of carbonyl (C=O) groups is 1. The van der Waals surface area contributed by atoms with E-state index in [0.717, 1.165) is 3.70 Å². The number of hydrogen-bond acceptors (Lipinski definition) is 3. The number of hydrogen-bond donors (Lipinski definition) is 0. The Hall–Kier alpha value is -0.520. The van der Waals surface area contributed by atoms with E-state index in [1.54, 1.807) is 12.1 Å². The molecule has 10 heavy (non-hydrogen) atoms. The maximum atomic E-state index is 10.7. The van der Waals surface area contributed by atoms with E-state index in [1.165, 1.54) is 6.92 Å². The van der Waals surface area contributed by atoms with Crippen LogP contribution in [0.4, 0.5) is 0 Å². The zero-order chi connectivity index (χ0) is 7.56. The Balaban J connectivity index is 3.00. The standard InChI is InChI=1S/C6H5IN2O/c1-4(10)5-2-3-6(7)9-8-5/h2-3H,1H3. The molecule has 0 aliphatic carbocycles. The summed E-state index contributed by atoms with van der Waals surface area (Å²) in [6.07, 6.45) is 0. The molecule has 0 N–H and O–H groups in total. The first-order chi connectivity index (χ1) is 4.70. The third kappa shape index (κ3) is 1.73. The summed E-state index contributed by atoms with van der Waals surface area (Å²) in [5.74, 6) is -0.0519. The van der Waals surface area contributed by atoms with Crippen molar-refractivity contribution in [2.75, 3.05) is 0 Å². The SMILES string of the molecule is CC(=O)c1ccc(I)nn1. The minimum atomic E-state index is -0.0519. The second-order valence-corrected chi connectivity index (χ2v) is 2.90. The molecule has 52 valence electrons. The van der Waals surface area contributed by atoms with Crippen LogP contribution in [0.25, 0.3) is 0 Å². The molecular weight excluding hydrogens is 243 g/mol. The molecule has 0 spiro atoms. The number of ketones is 1. The zero-order valence-corrected chi connectivity index (χ0v) is 7.49. The van der Waals surface area contributed by atoms with Crippen LogP contribution in [0.5, 0.6) is 0 Å². The van der Waals surface area contributed by atoms with Crippen LogP contribution in [0.2, 0.25) is 0 Å². The monoisotopic (exact) mass is 248 g/mol. The van der Waals surface area contributed by atoms with Crippen LogP contribution in [-0.4, -0.2) is 16.0 Å². The zero-order valence-electron chi connectivity index (χ0n) is 5.34. The van der Waals surface area contributed by atoms with Gasteiger partial charge in [-0.1, -0.05) is 0 Å². The molecule has 0 unspecified atom stereocenters. The predicted molar refractivity (Wildman–Crippen MR) is 44.8 cm³/mol. The Kier molecular flexibility index (Phi) is 2.31. The third-order valence-electron chi connectivity index (χ3n) is 0.993. The lowest BCUT2D eigenvalue weighted by Crippen LogP contribution is -1.98. The maximum Gasteiger partial charge on any atom is 0.180 e. The first-order valence-electron chi connectivity index (χ1n) is 2.70. The first-order valence-corrected chi connectivity index (χ1v) is 3.78. The Morgan fingerprint density at radius 1 is 1.50 bits per heavy atom. The Labute approximate surface area is 72.0 Å². The van der Waals surface area contributed by atoms with Crippen LogP contribution in [-0.2, 0) is 0 Å². The van der Waals surface area contributed by atoms with Gasteiger partial charge in [0.05, 0.1) is 0 Å². The fourth-order valence-corrected chi connectivity index (χ4v) is 0.791.